The molecule has 0 aliphatic carbocycles. The monoisotopic (exact) mass is 396 g/mol. The Morgan fingerprint density at radius 2 is 1.23 bits per heavy atom. The van der Waals surface area contributed by atoms with Crippen molar-refractivity contribution in [2.45, 2.75) is 12.8 Å². The number of hydrogen-bond donors (Lipinski definition) is 0. The topological polar surface area (TPSA) is 18.5 Å². The highest BCUT2D eigenvalue weighted by molar-refractivity contribution is 5.77. The summed E-state index contributed by atoms with van der Waals surface area (Å²) >= 11 is 0. The molecule has 0 unspecified atom stereocenters. The minimum Gasteiger partial charge on any atom is -0.456 e. The molecule has 30 heavy (non-hydrogen) atoms. The van der Waals surface area contributed by atoms with Gasteiger partial charge in [0.25, 0.3) is 0 Å². The van der Waals surface area contributed by atoms with Crippen LogP contribution in [0, 0.1) is 0 Å². The van der Waals surface area contributed by atoms with Gasteiger partial charge in [0.05, 0.1) is 6.61 Å². The second kappa shape index (κ2) is 12.3. The molecule has 1 aliphatic heterocycles. The van der Waals surface area contributed by atoms with E-state index in [1.54, 1.807) is 7.11 Å². The predicted molar refractivity (Wildman–Crippen MR) is 127 cm³/mol. The van der Waals surface area contributed by atoms with Crippen LogP contribution >= 0.6 is 0 Å². The first-order valence-electron chi connectivity index (χ1n) is 10.2. The smallest absolute Gasteiger partial charge is 0.135 e. The molecule has 0 aromatic heterocycles. The van der Waals surface area contributed by atoms with Crippen molar-refractivity contribution in [3.05, 3.63) is 132 Å². The van der Waals surface area contributed by atoms with Crippen LogP contribution in [0.1, 0.15) is 24.0 Å². The third-order valence-corrected chi connectivity index (χ3v) is 4.50. The zero-order valence-corrected chi connectivity index (χ0v) is 17.4. The summed E-state index contributed by atoms with van der Waals surface area (Å²) in [7, 11) is 1.70. The van der Waals surface area contributed by atoms with Crippen LogP contribution in [0.4, 0.5) is 0 Å². The Hall–Kier alpha value is -3.36. The van der Waals surface area contributed by atoms with Gasteiger partial charge in [-0.3, -0.25) is 0 Å². The summed E-state index contributed by atoms with van der Waals surface area (Å²) in [4.78, 5) is 0. The Labute approximate surface area is 179 Å². The van der Waals surface area contributed by atoms with Crippen molar-refractivity contribution in [3.63, 3.8) is 0 Å². The first kappa shape index (κ1) is 21.4. The lowest BCUT2D eigenvalue weighted by atomic mass is 10.0. The second-order valence-electron chi connectivity index (χ2n) is 6.82. The molecule has 0 bridgehead atoms. The van der Waals surface area contributed by atoms with Crippen molar-refractivity contribution in [3.8, 4) is 0 Å². The second-order valence-corrected chi connectivity index (χ2v) is 6.82. The molecule has 2 nitrogen and oxygen atoms in total. The summed E-state index contributed by atoms with van der Waals surface area (Å²) in [5.41, 5.74) is 3.25. The molecule has 0 saturated carbocycles. The van der Waals surface area contributed by atoms with E-state index in [4.69, 9.17) is 9.47 Å². The molecule has 0 amide bonds. The molecule has 2 heteroatoms. The number of allylic oxidation sites excluding steroid dienone is 9. The van der Waals surface area contributed by atoms with E-state index in [0.29, 0.717) is 6.61 Å². The molecule has 1 aliphatic rings. The van der Waals surface area contributed by atoms with Crippen LogP contribution in [0.25, 0.3) is 11.5 Å². The highest BCUT2D eigenvalue weighted by Gasteiger charge is 2.14. The third-order valence-electron chi connectivity index (χ3n) is 4.50. The molecule has 2 aromatic rings. The van der Waals surface area contributed by atoms with Crippen LogP contribution in [0.15, 0.2) is 121 Å². The van der Waals surface area contributed by atoms with Crippen molar-refractivity contribution < 1.29 is 9.47 Å². The van der Waals surface area contributed by atoms with E-state index >= 15 is 0 Å². The van der Waals surface area contributed by atoms with Gasteiger partial charge in [-0.05, 0) is 30.6 Å². The lowest BCUT2D eigenvalue weighted by Crippen LogP contribution is -1.99. The summed E-state index contributed by atoms with van der Waals surface area (Å²) < 4.78 is 11.2. The lowest BCUT2D eigenvalue weighted by Gasteiger charge is -2.18. The fourth-order valence-corrected chi connectivity index (χ4v) is 2.98. The van der Waals surface area contributed by atoms with Crippen molar-refractivity contribution in [2.24, 2.45) is 0 Å². The number of methoxy groups -OCH3 is 1. The van der Waals surface area contributed by atoms with E-state index in [2.05, 4.69) is 72.9 Å². The normalized spacial score (nSPS) is 14.2. The molecule has 152 valence electrons. The third kappa shape index (κ3) is 6.91. The quantitative estimate of drug-likeness (QED) is 0.420. The molecule has 0 saturated heterocycles. The number of rotatable bonds is 9. The molecule has 3 rings (SSSR count). The van der Waals surface area contributed by atoms with Crippen molar-refractivity contribution in [1.29, 1.82) is 0 Å². The summed E-state index contributed by atoms with van der Waals surface area (Å²) in [6.07, 6.45) is 20.9. The number of hydrogen-bond acceptors (Lipinski definition) is 2. The molecule has 1 heterocycles. The zero-order chi connectivity index (χ0) is 20.9. The van der Waals surface area contributed by atoms with Crippen molar-refractivity contribution in [1.82, 2.24) is 0 Å². The van der Waals surface area contributed by atoms with Gasteiger partial charge in [0.1, 0.15) is 11.5 Å². The van der Waals surface area contributed by atoms with Gasteiger partial charge in [-0.2, -0.15) is 0 Å². The molecule has 0 atom stereocenters. The minimum atomic E-state index is 0.669. The Balaban J connectivity index is 1.69. The van der Waals surface area contributed by atoms with E-state index in [-0.39, 0.29) is 0 Å². The maximum Gasteiger partial charge on any atom is 0.135 e. The summed E-state index contributed by atoms with van der Waals surface area (Å²) in [5.74, 6) is 1.72. The van der Waals surface area contributed by atoms with Gasteiger partial charge < -0.3 is 9.47 Å². The highest BCUT2D eigenvalue weighted by atomic mass is 16.5. The van der Waals surface area contributed by atoms with E-state index in [1.165, 1.54) is 0 Å². The average molecular weight is 397 g/mol. The maximum atomic E-state index is 6.22. The fourth-order valence-electron chi connectivity index (χ4n) is 2.98. The molecular weight excluding hydrogens is 368 g/mol. The van der Waals surface area contributed by atoms with E-state index < -0.39 is 0 Å². The summed E-state index contributed by atoms with van der Waals surface area (Å²) in [6.45, 7) is 0.669. The molecule has 0 N–H and O–H groups in total. The fraction of sp³-hybridized carbons (Fsp3) is 0.143. The Kier molecular flexibility index (Phi) is 8.72. The molecular formula is C28H28O2. The SMILES string of the molecule is COC/C=C/C/C=C/C/C=C/C=C1C=C(c2ccccc2)OC(c2ccccc2)=C1. The average Bonchev–Trinajstić information content (AvgIpc) is 2.81. The zero-order valence-electron chi connectivity index (χ0n) is 17.4. The Morgan fingerprint density at radius 3 is 1.80 bits per heavy atom. The van der Waals surface area contributed by atoms with Crippen LogP contribution < -0.4 is 0 Å². The van der Waals surface area contributed by atoms with E-state index in [9.17, 15) is 0 Å². The molecule has 0 spiro atoms. The molecule has 0 fully saturated rings. The molecule has 0 radical (unpaired) electrons. The van der Waals surface area contributed by atoms with Crippen LogP contribution in [0.2, 0.25) is 0 Å². The maximum absolute atomic E-state index is 6.22. The Bertz CT molecular complexity index is 901. The predicted octanol–water partition coefficient (Wildman–Crippen LogP) is 7.12. The first-order chi connectivity index (χ1) is 14.9. The van der Waals surface area contributed by atoms with Gasteiger partial charge in [-0.25, -0.2) is 0 Å². The van der Waals surface area contributed by atoms with Crippen LogP contribution in [0.3, 0.4) is 0 Å². The Morgan fingerprint density at radius 1 is 0.700 bits per heavy atom. The standard InChI is InChI=1S/C28H28O2/c1-29-21-15-7-5-3-2-4-6-10-16-24-22-27(25-17-11-8-12-18-25)30-28(23-24)26-19-13-9-14-20-26/h2-3,6-20,22-23H,4-5,21H2,1H3/b3-2+,10-6+,15-7+. The first-order valence-corrected chi connectivity index (χ1v) is 10.2. The van der Waals surface area contributed by atoms with Crippen molar-refractivity contribution >= 4 is 11.5 Å². The highest BCUT2D eigenvalue weighted by Crippen LogP contribution is 2.31. The van der Waals surface area contributed by atoms with Gasteiger partial charge in [0.2, 0.25) is 0 Å². The largest absolute Gasteiger partial charge is 0.456 e. The number of ether oxygens (including phenoxy) is 2. The van der Waals surface area contributed by atoms with Gasteiger partial charge >= 0.3 is 0 Å². The van der Waals surface area contributed by atoms with E-state index in [0.717, 1.165) is 41.1 Å². The van der Waals surface area contributed by atoms with Crippen molar-refractivity contribution in [2.75, 3.05) is 13.7 Å². The lowest BCUT2D eigenvalue weighted by molar-refractivity contribution is 0.233. The van der Waals surface area contributed by atoms with Gasteiger partial charge in [0.15, 0.2) is 0 Å². The summed E-state index contributed by atoms with van der Waals surface area (Å²) in [5, 5.41) is 0. The minimum absolute atomic E-state index is 0.669. The van der Waals surface area contributed by atoms with E-state index in [1.807, 2.05) is 42.5 Å². The number of benzene rings is 2. The van der Waals surface area contributed by atoms with Gasteiger partial charge in [-0.1, -0.05) is 103 Å². The van der Waals surface area contributed by atoms with Gasteiger partial charge in [0, 0.05) is 18.2 Å². The van der Waals surface area contributed by atoms with Crippen LogP contribution in [-0.2, 0) is 9.47 Å². The van der Waals surface area contributed by atoms with Gasteiger partial charge in [-0.15, -0.1) is 0 Å². The van der Waals surface area contributed by atoms with Crippen LogP contribution in [-0.4, -0.2) is 13.7 Å². The molecule has 2 aromatic carbocycles. The summed E-state index contributed by atoms with van der Waals surface area (Å²) in [6, 6.07) is 20.4. The van der Waals surface area contributed by atoms with Crippen LogP contribution in [0.5, 0.6) is 0 Å².